The predicted molar refractivity (Wildman–Crippen MR) is 58.4 cm³/mol. The van der Waals surface area contributed by atoms with Crippen LogP contribution in [0.3, 0.4) is 0 Å². The first-order chi connectivity index (χ1) is 7.84. The second-order valence-electron chi connectivity index (χ2n) is 4.06. The molecule has 1 rings (SSSR count). The zero-order chi connectivity index (χ0) is 13.1. The Morgan fingerprint density at radius 3 is 2.47 bits per heavy atom. The summed E-state index contributed by atoms with van der Waals surface area (Å²) in [7, 11) is 1.42. The van der Waals surface area contributed by atoms with Crippen molar-refractivity contribution in [2.75, 3.05) is 13.6 Å². The van der Waals surface area contributed by atoms with Gasteiger partial charge in [0.2, 0.25) is 0 Å². The van der Waals surface area contributed by atoms with Crippen molar-refractivity contribution >= 4 is 0 Å². The molecule has 6 heteroatoms. The lowest BCUT2D eigenvalue weighted by molar-refractivity contribution is -0.183. The molecule has 1 aromatic heterocycles. The number of alkyl halides is 3. The zero-order valence-corrected chi connectivity index (χ0v) is 9.92. The molecular weight excluding hydrogens is 233 g/mol. The van der Waals surface area contributed by atoms with E-state index in [0.717, 1.165) is 0 Å². The van der Waals surface area contributed by atoms with Crippen LogP contribution in [0.2, 0.25) is 0 Å². The van der Waals surface area contributed by atoms with Crippen LogP contribution in [0.25, 0.3) is 0 Å². The number of aryl methyl sites for hydroxylation is 1. The standard InChI is InChI=1S/C11H17F3N2O/c1-8-3-4-9(17-8)7-16(2)10(5-6-15)11(12,13)14/h3-4,10H,5-7,15H2,1-2H3. The van der Waals surface area contributed by atoms with Crippen molar-refractivity contribution in [2.45, 2.75) is 32.1 Å². The predicted octanol–water partition coefficient (Wildman–Crippen LogP) is 2.30. The molecule has 0 bridgehead atoms. The lowest BCUT2D eigenvalue weighted by Gasteiger charge is -2.28. The van der Waals surface area contributed by atoms with E-state index >= 15 is 0 Å². The molecule has 0 aliphatic rings. The van der Waals surface area contributed by atoms with Crippen LogP contribution in [0.15, 0.2) is 16.5 Å². The van der Waals surface area contributed by atoms with Gasteiger partial charge in [-0.15, -0.1) is 0 Å². The smallest absolute Gasteiger partial charge is 0.404 e. The molecule has 98 valence electrons. The van der Waals surface area contributed by atoms with E-state index in [2.05, 4.69) is 0 Å². The van der Waals surface area contributed by atoms with Gasteiger partial charge >= 0.3 is 6.18 Å². The van der Waals surface area contributed by atoms with E-state index in [0.29, 0.717) is 11.5 Å². The molecule has 0 saturated heterocycles. The van der Waals surface area contributed by atoms with Gasteiger partial charge in [0, 0.05) is 0 Å². The molecule has 0 aliphatic heterocycles. The molecule has 0 fully saturated rings. The van der Waals surface area contributed by atoms with Crippen LogP contribution >= 0.6 is 0 Å². The minimum Gasteiger partial charge on any atom is -0.465 e. The third kappa shape index (κ3) is 4.05. The molecule has 1 heterocycles. The molecule has 0 amide bonds. The van der Waals surface area contributed by atoms with Gasteiger partial charge in [-0.2, -0.15) is 13.2 Å². The number of hydrogen-bond donors (Lipinski definition) is 1. The molecule has 0 radical (unpaired) electrons. The maximum absolute atomic E-state index is 12.7. The van der Waals surface area contributed by atoms with Crippen molar-refractivity contribution < 1.29 is 17.6 Å². The molecule has 1 atom stereocenters. The molecule has 0 aromatic carbocycles. The third-order valence-corrected chi connectivity index (χ3v) is 2.55. The van der Waals surface area contributed by atoms with Crippen LogP contribution in [-0.2, 0) is 6.54 Å². The minimum atomic E-state index is -4.27. The maximum atomic E-state index is 12.7. The van der Waals surface area contributed by atoms with Crippen LogP contribution in [-0.4, -0.2) is 30.7 Å². The Hall–Kier alpha value is -1.01. The van der Waals surface area contributed by atoms with Gasteiger partial charge in [-0.3, -0.25) is 4.90 Å². The van der Waals surface area contributed by atoms with E-state index in [9.17, 15) is 13.2 Å². The second kappa shape index (κ2) is 5.55. The Balaban J connectivity index is 2.68. The lowest BCUT2D eigenvalue weighted by Crippen LogP contribution is -2.44. The fourth-order valence-corrected chi connectivity index (χ4v) is 1.72. The topological polar surface area (TPSA) is 42.4 Å². The number of nitrogens with zero attached hydrogens (tertiary/aromatic N) is 1. The van der Waals surface area contributed by atoms with Crippen LogP contribution in [0.5, 0.6) is 0 Å². The van der Waals surface area contributed by atoms with E-state index in [1.807, 2.05) is 0 Å². The molecule has 17 heavy (non-hydrogen) atoms. The summed E-state index contributed by atoms with van der Waals surface area (Å²) in [6, 6.07) is 1.88. The highest BCUT2D eigenvalue weighted by Crippen LogP contribution is 2.27. The van der Waals surface area contributed by atoms with E-state index in [4.69, 9.17) is 10.2 Å². The SMILES string of the molecule is Cc1ccc(CN(C)C(CCN)C(F)(F)F)o1. The number of nitrogens with two attached hydrogens (primary N) is 1. The first-order valence-corrected chi connectivity index (χ1v) is 5.37. The van der Waals surface area contributed by atoms with E-state index in [1.54, 1.807) is 19.1 Å². The fraction of sp³-hybridized carbons (Fsp3) is 0.636. The molecule has 3 nitrogen and oxygen atoms in total. The first-order valence-electron chi connectivity index (χ1n) is 5.37. The van der Waals surface area contributed by atoms with Crippen LogP contribution in [0.1, 0.15) is 17.9 Å². The molecular formula is C11H17F3N2O. The summed E-state index contributed by atoms with van der Waals surface area (Å²) < 4.78 is 43.5. The summed E-state index contributed by atoms with van der Waals surface area (Å²) >= 11 is 0. The Morgan fingerprint density at radius 1 is 1.41 bits per heavy atom. The average Bonchev–Trinajstić information content (AvgIpc) is 2.58. The summed E-state index contributed by atoms with van der Waals surface area (Å²) in [6.07, 6.45) is -4.38. The van der Waals surface area contributed by atoms with Crippen molar-refractivity contribution in [3.8, 4) is 0 Å². The number of rotatable bonds is 5. The first kappa shape index (κ1) is 14.1. The Labute approximate surface area is 98.4 Å². The summed E-state index contributed by atoms with van der Waals surface area (Å²) in [4.78, 5) is 1.21. The van der Waals surface area contributed by atoms with Gasteiger partial charge in [-0.25, -0.2) is 0 Å². The largest absolute Gasteiger partial charge is 0.465 e. The van der Waals surface area contributed by atoms with Crippen molar-refractivity contribution in [1.29, 1.82) is 0 Å². The molecule has 1 unspecified atom stereocenters. The number of furan rings is 1. The third-order valence-electron chi connectivity index (χ3n) is 2.55. The number of halogens is 3. The van der Waals surface area contributed by atoms with Crippen molar-refractivity contribution in [1.82, 2.24) is 4.90 Å². The van der Waals surface area contributed by atoms with Crippen LogP contribution in [0.4, 0.5) is 13.2 Å². The maximum Gasteiger partial charge on any atom is 0.404 e. The number of hydrogen-bond acceptors (Lipinski definition) is 3. The highest BCUT2D eigenvalue weighted by Gasteiger charge is 2.41. The second-order valence-corrected chi connectivity index (χ2v) is 4.06. The minimum absolute atomic E-state index is 0.00565. The Morgan fingerprint density at radius 2 is 2.06 bits per heavy atom. The van der Waals surface area contributed by atoms with E-state index < -0.39 is 12.2 Å². The van der Waals surface area contributed by atoms with Crippen molar-refractivity contribution in [3.63, 3.8) is 0 Å². The zero-order valence-electron chi connectivity index (χ0n) is 9.92. The van der Waals surface area contributed by atoms with Gasteiger partial charge in [0.25, 0.3) is 0 Å². The van der Waals surface area contributed by atoms with Gasteiger partial charge in [0.15, 0.2) is 0 Å². The van der Waals surface area contributed by atoms with Crippen LogP contribution in [0, 0.1) is 6.92 Å². The van der Waals surface area contributed by atoms with Crippen molar-refractivity contribution in [3.05, 3.63) is 23.7 Å². The van der Waals surface area contributed by atoms with Gasteiger partial charge in [0.05, 0.1) is 6.54 Å². The van der Waals surface area contributed by atoms with E-state index in [-0.39, 0.29) is 19.5 Å². The quantitative estimate of drug-likeness (QED) is 0.872. The summed E-state index contributed by atoms with van der Waals surface area (Å²) in [5, 5.41) is 0. The van der Waals surface area contributed by atoms with Gasteiger partial charge < -0.3 is 10.2 Å². The van der Waals surface area contributed by atoms with Crippen molar-refractivity contribution in [2.24, 2.45) is 5.73 Å². The molecule has 0 saturated carbocycles. The summed E-state index contributed by atoms with van der Waals surface area (Å²) in [6.45, 7) is 1.88. The average molecular weight is 250 g/mol. The van der Waals surface area contributed by atoms with Gasteiger partial charge in [-0.05, 0) is 39.1 Å². The Kier molecular flexibility index (Phi) is 4.59. The monoisotopic (exact) mass is 250 g/mol. The molecule has 1 aromatic rings. The van der Waals surface area contributed by atoms with E-state index in [1.165, 1.54) is 11.9 Å². The van der Waals surface area contributed by atoms with Gasteiger partial charge in [0.1, 0.15) is 17.6 Å². The molecule has 0 spiro atoms. The highest BCUT2D eigenvalue weighted by molar-refractivity contribution is 5.05. The lowest BCUT2D eigenvalue weighted by atomic mass is 10.1. The van der Waals surface area contributed by atoms with Crippen LogP contribution < -0.4 is 5.73 Å². The highest BCUT2D eigenvalue weighted by atomic mass is 19.4. The summed E-state index contributed by atoms with van der Waals surface area (Å²) in [5.41, 5.74) is 5.21. The van der Waals surface area contributed by atoms with Gasteiger partial charge in [-0.1, -0.05) is 0 Å². The fourth-order valence-electron chi connectivity index (χ4n) is 1.72. The molecule has 2 N–H and O–H groups in total. The normalized spacial score (nSPS) is 14.3. The summed E-state index contributed by atoms with van der Waals surface area (Å²) in [5.74, 6) is 1.21. The molecule has 0 aliphatic carbocycles. The Bertz CT molecular complexity index is 349.